The van der Waals surface area contributed by atoms with Crippen LogP contribution in [0.4, 0.5) is 0 Å². The highest BCUT2D eigenvalue weighted by atomic mass is 16.5. The van der Waals surface area contributed by atoms with E-state index < -0.39 is 0 Å². The summed E-state index contributed by atoms with van der Waals surface area (Å²) in [6.45, 7) is 14.7. The van der Waals surface area contributed by atoms with Crippen LogP contribution in [-0.2, 0) is 9.47 Å². The summed E-state index contributed by atoms with van der Waals surface area (Å²) in [4.78, 5) is 0. The lowest BCUT2D eigenvalue weighted by atomic mass is 10.1. The van der Waals surface area contributed by atoms with Crippen molar-refractivity contribution >= 4 is 0 Å². The van der Waals surface area contributed by atoms with Crippen LogP contribution in [0.1, 0.15) is 79.1 Å². The highest BCUT2D eigenvalue weighted by Crippen LogP contribution is 2.08. The normalized spacial score (nSPS) is 12.9. The summed E-state index contributed by atoms with van der Waals surface area (Å²) in [5, 5.41) is 0. The molecule has 0 aromatic heterocycles. The van der Waals surface area contributed by atoms with Crippen molar-refractivity contribution in [3.63, 3.8) is 0 Å². The molecule has 1 aliphatic rings. The van der Waals surface area contributed by atoms with E-state index in [-0.39, 0.29) is 0 Å². The second kappa shape index (κ2) is 28.2. The van der Waals surface area contributed by atoms with Gasteiger partial charge < -0.3 is 15.2 Å². The van der Waals surface area contributed by atoms with Crippen molar-refractivity contribution in [3.8, 4) is 0 Å². The van der Waals surface area contributed by atoms with Gasteiger partial charge in [-0.05, 0) is 43.5 Å². The minimum Gasteiger partial charge on any atom is -0.494 e. The fourth-order valence-corrected chi connectivity index (χ4v) is 2.54. The largest absolute Gasteiger partial charge is 0.494 e. The molecule has 178 valence electrons. The zero-order chi connectivity index (χ0) is 23.4. The van der Waals surface area contributed by atoms with Gasteiger partial charge in [0, 0.05) is 0 Å². The molecule has 0 saturated heterocycles. The Labute approximate surface area is 193 Å². The number of hydrogen-bond acceptors (Lipinski definition) is 3. The third-order valence-electron chi connectivity index (χ3n) is 3.96. The number of ether oxygens (including phenoxy) is 2. The van der Waals surface area contributed by atoms with Gasteiger partial charge in [0.15, 0.2) is 0 Å². The molecule has 0 atom stereocenters. The molecule has 0 amide bonds. The quantitative estimate of drug-likeness (QED) is 0.163. The van der Waals surface area contributed by atoms with Crippen LogP contribution in [0, 0.1) is 0 Å². The maximum Gasteiger partial charge on any atom is 0.119 e. The predicted octanol–water partition coefficient (Wildman–Crippen LogP) is 7.83. The van der Waals surface area contributed by atoms with E-state index in [9.17, 15) is 0 Å². The highest BCUT2D eigenvalue weighted by Gasteiger charge is 1.96. The third kappa shape index (κ3) is 24.3. The zero-order valence-corrected chi connectivity index (χ0v) is 20.8. The molecular formula is C28H49NO2. The van der Waals surface area contributed by atoms with Crippen molar-refractivity contribution in [2.75, 3.05) is 26.4 Å². The molecule has 0 radical (unpaired) electrons. The molecule has 1 rings (SSSR count). The van der Waals surface area contributed by atoms with Crippen molar-refractivity contribution in [2.45, 2.75) is 79.1 Å². The van der Waals surface area contributed by atoms with Crippen LogP contribution < -0.4 is 5.73 Å². The second-order valence-electron chi connectivity index (χ2n) is 7.00. The van der Waals surface area contributed by atoms with E-state index in [0.717, 1.165) is 38.2 Å². The average Bonchev–Trinajstić information content (AvgIpc) is 3.06. The minimum absolute atomic E-state index is 0.563. The van der Waals surface area contributed by atoms with Gasteiger partial charge in [0.25, 0.3) is 0 Å². The van der Waals surface area contributed by atoms with Gasteiger partial charge in [0.05, 0.1) is 19.8 Å². The molecule has 0 aromatic carbocycles. The maximum atomic E-state index is 5.82. The van der Waals surface area contributed by atoms with Crippen molar-refractivity contribution in [1.82, 2.24) is 0 Å². The Kier molecular flexibility index (Phi) is 28.5. The molecule has 3 heteroatoms. The summed E-state index contributed by atoms with van der Waals surface area (Å²) in [5.74, 6) is 0.836. The molecule has 0 aromatic rings. The molecule has 2 N–H and O–H groups in total. The number of hydrogen-bond donors (Lipinski definition) is 1. The van der Waals surface area contributed by atoms with Crippen molar-refractivity contribution in [1.29, 1.82) is 0 Å². The Hall–Kier alpha value is -1.84. The van der Waals surface area contributed by atoms with Gasteiger partial charge in [-0.25, -0.2) is 0 Å². The first-order chi connectivity index (χ1) is 15.3. The highest BCUT2D eigenvalue weighted by molar-refractivity contribution is 5.27. The van der Waals surface area contributed by atoms with Crippen LogP contribution in [0.5, 0.6) is 0 Å². The Morgan fingerprint density at radius 3 is 2.42 bits per heavy atom. The van der Waals surface area contributed by atoms with Gasteiger partial charge >= 0.3 is 0 Å². The van der Waals surface area contributed by atoms with Gasteiger partial charge in [-0.1, -0.05) is 109 Å². The lowest BCUT2D eigenvalue weighted by Gasteiger charge is -2.07. The Morgan fingerprint density at radius 1 is 1.06 bits per heavy atom. The molecule has 0 bridgehead atoms. The summed E-state index contributed by atoms with van der Waals surface area (Å²) in [7, 11) is 0. The summed E-state index contributed by atoms with van der Waals surface area (Å²) in [5.41, 5.74) is 6.69. The minimum atomic E-state index is 0.563. The zero-order valence-electron chi connectivity index (χ0n) is 20.8. The van der Waals surface area contributed by atoms with Crippen LogP contribution >= 0.6 is 0 Å². The van der Waals surface area contributed by atoms with E-state index in [1.54, 1.807) is 6.08 Å². The topological polar surface area (TPSA) is 44.5 Å². The summed E-state index contributed by atoms with van der Waals surface area (Å²) in [6, 6.07) is 0. The molecule has 0 aliphatic heterocycles. The van der Waals surface area contributed by atoms with Crippen LogP contribution in [0.2, 0.25) is 0 Å². The van der Waals surface area contributed by atoms with Gasteiger partial charge in [-0.3, -0.25) is 0 Å². The van der Waals surface area contributed by atoms with Gasteiger partial charge in [-0.15, -0.1) is 0 Å². The number of allylic oxidation sites excluding steroid dienone is 7. The van der Waals surface area contributed by atoms with E-state index in [2.05, 4.69) is 50.8 Å². The van der Waals surface area contributed by atoms with Gasteiger partial charge in [0.1, 0.15) is 5.76 Å². The SMILES string of the molecule is C=C/C=C(\C=C/COCC1=CC=CCC=C1)OCCCCCCCCN.CC.CCC. The van der Waals surface area contributed by atoms with E-state index >= 15 is 0 Å². The molecule has 0 spiro atoms. The molecule has 3 nitrogen and oxygen atoms in total. The lowest BCUT2D eigenvalue weighted by Crippen LogP contribution is -1.98. The van der Waals surface area contributed by atoms with Crippen LogP contribution in [-0.4, -0.2) is 26.4 Å². The van der Waals surface area contributed by atoms with E-state index in [0.29, 0.717) is 13.2 Å². The molecule has 0 fully saturated rings. The third-order valence-corrected chi connectivity index (χ3v) is 3.96. The van der Waals surface area contributed by atoms with Crippen molar-refractivity contribution in [3.05, 3.63) is 72.6 Å². The average molecular weight is 432 g/mol. The molecule has 0 saturated carbocycles. The Balaban J connectivity index is 0. The Bertz CT molecular complexity index is 527. The smallest absolute Gasteiger partial charge is 0.119 e. The van der Waals surface area contributed by atoms with Crippen LogP contribution in [0.3, 0.4) is 0 Å². The van der Waals surface area contributed by atoms with E-state index in [1.165, 1.54) is 37.7 Å². The van der Waals surface area contributed by atoms with Crippen molar-refractivity contribution in [2.24, 2.45) is 5.73 Å². The van der Waals surface area contributed by atoms with E-state index in [4.69, 9.17) is 15.2 Å². The fourth-order valence-electron chi connectivity index (χ4n) is 2.54. The predicted molar refractivity (Wildman–Crippen MR) is 139 cm³/mol. The summed E-state index contributed by atoms with van der Waals surface area (Å²) in [6.07, 6.45) is 27.6. The molecule has 0 unspecified atom stereocenters. The second-order valence-corrected chi connectivity index (χ2v) is 7.00. The summed E-state index contributed by atoms with van der Waals surface area (Å²) >= 11 is 0. The van der Waals surface area contributed by atoms with Crippen molar-refractivity contribution < 1.29 is 9.47 Å². The number of nitrogens with two attached hydrogens (primary N) is 1. The van der Waals surface area contributed by atoms with Gasteiger partial charge in [0.2, 0.25) is 0 Å². The Morgan fingerprint density at radius 2 is 1.74 bits per heavy atom. The van der Waals surface area contributed by atoms with E-state index in [1.807, 2.05) is 32.1 Å². The molecule has 0 heterocycles. The summed E-state index contributed by atoms with van der Waals surface area (Å²) < 4.78 is 11.5. The number of rotatable bonds is 15. The fraction of sp³-hybridized carbons (Fsp3) is 0.571. The number of unbranched alkanes of at least 4 members (excludes halogenated alkanes) is 5. The monoisotopic (exact) mass is 431 g/mol. The lowest BCUT2D eigenvalue weighted by molar-refractivity contribution is 0.187. The first-order valence-electron chi connectivity index (χ1n) is 12.2. The molecular weight excluding hydrogens is 382 g/mol. The molecule has 31 heavy (non-hydrogen) atoms. The maximum absolute atomic E-state index is 5.82. The first kappa shape index (κ1) is 31.3. The van der Waals surface area contributed by atoms with Crippen LogP contribution in [0.15, 0.2) is 72.6 Å². The standard InChI is InChI=1S/C23H35NO2.C3H8.C2H6/c1-2-14-23(26-20-12-8-4-3-7-11-18-24)17-13-19-25-21-22-15-9-5-6-10-16-22;1-3-2;1-2/h2,5,9-10,13-17H,1,3-4,6-8,11-12,18-21,24H2;3H2,1-2H3;1-2H3/b17-13-,23-14+;;. The van der Waals surface area contributed by atoms with Crippen LogP contribution in [0.25, 0.3) is 0 Å². The van der Waals surface area contributed by atoms with Gasteiger partial charge in [-0.2, -0.15) is 0 Å². The molecule has 1 aliphatic carbocycles. The first-order valence-corrected chi connectivity index (χ1v) is 12.2.